The van der Waals surface area contributed by atoms with Crippen LogP contribution in [0.4, 0.5) is 4.39 Å². The van der Waals surface area contributed by atoms with Gasteiger partial charge in [-0.3, -0.25) is 0 Å². The molecule has 0 saturated carbocycles. The van der Waals surface area contributed by atoms with Crippen molar-refractivity contribution in [3.05, 3.63) is 108 Å². The third-order valence-electron chi connectivity index (χ3n) is 4.61. The lowest BCUT2D eigenvalue weighted by molar-refractivity contribution is 0.0696. The number of benzene rings is 3. The maximum Gasteiger partial charge on any atom is 0.336 e. The molecule has 5 heteroatoms. The van der Waals surface area contributed by atoms with Crippen molar-refractivity contribution in [1.29, 1.82) is 0 Å². The quantitative estimate of drug-likeness (QED) is 0.459. The van der Waals surface area contributed by atoms with Crippen LogP contribution < -0.4 is 0 Å². The van der Waals surface area contributed by atoms with Crippen LogP contribution in [0.15, 0.2) is 85.5 Å². The van der Waals surface area contributed by atoms with E-state index in [0.717, 1.165) is 22.4 Å². The van der Waals surface area contributed by atoms with Crippen LogP contribution >= 0.6 is 0 Å². The molecule has 29 heavy (non-hydrogen) atoms. The van der Waals surface area contributed by atoms with E-state index in [1.165, 1.54) is 12.1 Å². The van der Waals surface area contributed by atoms with E-state index in [-0.39, 0.29) is 11.4 Å². The molecular formula is C24H17FN2O2. The fraction of sp³-hybridized carbons (Fsp3) is 0. The Hall–Kier alpha value is -3.99. The van der Waals surface area contributed by atoms with Gasteiger partial charge in [0, 0.05) is 18.1 Å². The van der Waals surface area contributed by atoms with E-state index in [1.807, 2.05) is 41.1 Å². The number of halogens is 1. The van der Waals surface area contributed by atoms with Crippen molar-refractivity contribution in [3.63, 3.8) is 0 Å². The van der Waals surface area contributed by atoms with Crippen molar-refractivity contribution in [1.82, 2.24) is 9.55 Å². The number of imidazole rings is 1. The van der Waals surface area contributed by atoms with E-state index >= 15 is 0 Å². The number of carbonyl (C=O) groups is 1. The highest BCUT2D eigenvalue weighted by Gasteiger charge is 2.10. The SMILES string of the molecule is O=C(O)c1ccc(-c2ccc(F)cc2)cc1C=Cc1ccc(-n2ccnc2)cc1. The first-order valence-electron chi connectivity index (χ1n) is 9.00. The van der Waals surface area contributed by atoms with Crippen molar-refractivity contribution < 1.29 is 14.3 Å². The van der Waals surface area contributed by atoms with Crippen LogP contribution in [-0.4, -0.2) is 20.6 Å². The van der Waals surface area contributed by atoms with Gasteiger partial charge in [-0.05, 0) is 58.7 Å². The number of rotatable bonds is 5. The summed E-state index contributed by atoms with van der Waals surface area (Å²) in [5.74, 6) is -1.30. The summed E-state index contributed by atoms with van der Waals surface area (Å²) < 4.78 is 15.1. The molecule has 3 aromatic carbocycles. The summed E-state index contributed by atoms with van der Waals surface area (Å²) in [6, 6.07) is 19.1. The van der Waals surface area contributed by atoms with E-state index < -0.39 is 5.97 Å². The Bertz CT molecular complexity index is 1160. The smallest absolute Gasteiger partial charge is 0.336 e. The van der Waals surface area contributed by atoms with Crippen molar-refractivity contribution in [2.45, 2.75) is 0 Å². The lowest BCUT2D eigenvalue weighted by atomic mass is 9.98. The minimum Gasteiger partial charge on any atom is -0.478 e. The summed E-state index contributed by atoms with van der Waals surface area (Å²) >= 11 is 0. The van der Waals surface area contributed by atoms with Crippen molar-refractivity contribution in [2.24, 2.45) is 0 Å². The van der Waals surface area contributed by atoms with Crippen LogP contribution in [0.25, 0.3) is 29.0 Å². The first-order chi connectivity index (χ1) is 14.1. The highest BCUT2D eigenvalue weighted by molar-refractivity contribution is 5.94. The topological polar surface area (TPSA) is 55.1 Å². The third-order valence-corrected chi connectivity index (χ3v) is 4.61. The monoisotopic (exact) mass is 384 g/mol. The van der Waals surface area contributed by atoms with Gasteiger partial charge in [-0.1, -0.05) is 42.5 Å². The largest absolute Gasteiger partial charge is 0.478 e. The summed E-state index contributed by atoms with van der Waals surface area (Å²) in [7, 11) is 0. The van der Waals surface area contributed by atoms with E-state index in [4.69, 9.17) is 0 Å². The lowest BCUT2D eigenvalue weighted by Crippen LogP contribution is -1.99. The molecule has 0 radical (unpaired) electrons. The molecule has 142 valence electrons. The maximum atomic E-state index is 13.2. The minimum absolute atomic E-state index is 0.210. The summed E-state index contributed by atoms with van der Waals surface area (Å²) in [5, 5.41) is 9.51. The predicted molar refractivity (Wildman–Crippen MR) is 111 cm³/mol. The molecule has 0 aliphatic carbocycles. The van der Waals surface area contributed by atoms with E-state index in [1.54, 1.807) is 48.9 Å². The highest BCUT2D eigenvalue weighted by atomic mass is 19.1. The van der Waals surface area contributed by atoms with Gasteiger partial charge in [0.1, 0.15) is 5.82 Å². The fourth-order valence-corrected chi connectivity index (χ4v) is 3.07. The standard InChI is InChI=1S/C24H17FN2O2/c25-21-8-5-18(6-9-21)19-7-12-23(24(28)29)20(15-19)4-1-17-2-10-22(11-3-17)27-14-13-26-16-27/h1-16H,(H,28,29). The normalized spacial score (nSPS) is 11.1. The number of aromatic nitrogens is 2. The van der Waals surface area contributed by atoms with Crippen LogP contribution in [-0.2, 0) is 0 Å². The number of nitrogens with zero attached hydrogens (tertiary/aromatic N) is 2. The Labute approximate surface area is 167 Å². The van der Waals surface area contributed by atoms with Gasteiger partial charge in [-0.25, -0.2) is 14.2 Å². The van der Waals surface area contributed by atoms with Gasteiger partial charge >= 0.3 is 5.97 Å². The summed E-state index contributed by atoms with van der Waals surface area (Å²) in [6.45, 7) is 0. The summed E-state index contributed by atoms with van der Waals surface area (Å²) in [4.78, 5) is 15.6. The van der Waals surface area contributed by atoms with Gasteiger partial charge in [-0.15, -0.1) is 0 Å². The molecule has 0 bridgehead atoms. The van der Waals surface area contributed by atoms with Gasteiger partial charge < -0.3 is 9.67 Å². The summed E-state index contributed by atoms with van der Waals surface area (Å²) in [5.41, 5.74) is 4.37. The van der Waals surface area contributed by atoms with E-state index in [2.05, 4.69) is 4.98 Å². The maximum absolute atomic E-state index is 13.2. The van der Waals surface area contributed by atoms with Gasteiger partial charge in [0.2, 0.25) is 0 Å². The van der Waals surface area contributed by atoms with E-state index in [9.17, 15) is 14.3 Å². The molecule has 0 unspecified atom stereocenters. The molecule has 0 saturated heterocycles. The second kappa shape index (κ2) is 7.94. The molecule has 4 aromatic rings. The molecule has 0 aliphatic heterocycles. The number of hydrogen-bond acceptors (Lipinski definition) is 2. The molecule has 4 rings (SSSR count). The molecule has 0 spiro atoms. The Morgan fingerprint density at radius 3 is 2.31 bits per heavy atom. The lowest BCUT2D eigenvalue weighted by Gasteiger charge is -2.07. The molecule has 0 atom stereocenters. The van der Waals surface area contributed by atoms with Crippen molar-refractivity contribution in [2.75, 3.05) is 0 Å². The predicted octanol–water partition coefficient (Wildman–Crippen LogP) is 5.55. The molecule has 1 N–H and O–H groups in total. The third kappa shape index (κ3) is 4.14. The fourth-order valence-electron chi connectivity index (χ4n) is 3.07. The minimum atomic E-state index is -0.995. The molecule has 4 nitrogen and oxygen atoms in total. The zero-order chi connectivity index (χ0) is 20.2. The molecule has 1 heterocycles. The Morgan fingerprint density at radius 2 is 1.66 bits per heavy atom. The van der Waals surface area contributed by atoms with Crippen LogP contribution in [0.2, 0.25) is 0 Å². The van der Waals surface area contributed by atoms with Gasteiger partial charge in [-0.2, -0.15) is 0 Å². The highest BCUT2D eigenvalue weighted by Crippen LogP contribution is 2.25. The Kier molecular flexibility index (Phi) is 5.03. The summed E-state index contributed by atoms with van der Waals surface area (Å²) in [6.07, 6.45) is 8.96. The second-order valence-electron chi connectivity index (χ2n) is 6.51. The Morgan fingerprint density at radius 1 is 0.931 bits per heavy atom. The second-order valence-corrected chi connectivity index (χ2v) is 6.51. The first-order valence-corrected chi connectivity index (χ1v) is 9.00. The average molecular weight is 384 g/mol. The number of carboxylic acids is 1. The van der Waals surface area contributed by atoms with Crippen LogP contribution in [0, 0.1) is 5.82 Å². The number of carboxylic acid groups (broad SMARTS) is 1. The average Bonchev–Trinajstić information content (AvgIpc) is 3.28. The van der Waals surface area contributed by atoms with Crippen LogP contribution in [0.1, 0.15) is 21.5 Å². The zero-order valence-corrected chi connectivity index (χ0v) is 15.4. The van der Waals surface area contributed by atoms with Crippen LogP contribution in [0.3, 0.4) is 0 Å². The van der Waals surface area contributed by atoms with Gasteiger partial charge in [0.15, 0.2) is 0 Å². The molecule has 1 aromatic heterocycles. The number of hydrogen-bond donors (Lipinski definition) is 1. The molecule has 0 aliphatic rings. The molecule has 0 amide bonds. The van der Waals surface area contributed by atoms with Crippen LogP contribution in [0.5, 0.6) is 0 Å². The van der Waals surface area contributed by atoms with Crippen molar-refractivity contribution >= 4 is 18.1 Å². The number of aromatic carboxylic acids is 1. The molecular weight excluding hydrogens is 367 g/mol. The van der Waals surface area contributed by atoms with Gasteiger partial charge in [0.25, 0.3) is 0 Å². The molecule has 0 fully saturated rings. The Balaban J connectivity index is 1.64. The zero-order valence-electron chi connectivity index (χ0n) is 15.4. The van der Waals surface area contributed by atoms with Gasteiger partial charge in [0.05, 0.1) is 11.9 Å². The first kappa shape index (κ1) is 18.4. The van der Waals surface area contributed by atoms with E-state index in [0.29, 0.717) is 5.56 Å². The van der Waals surface area contributed by atoms with Crippen molar-refractivity contribution in [3.8, 4) is 16.8 Å².